The topological polar surface area (TPSA) is 32.3 Å². The first-order chi connectivity index (χ1) is 13.1. The smallest absolute Gasteiger partial charge is 0.223 e. The van der Waals surface area contributed by atoms with Crippen LogP contribution in [-0.2, 0) is 10.5 Å². The van der Waals surface area contributed by atoms with Crippen molar-refractivity contribution in [3.8, 4) is 0 Å². The van der Waals surface area contributed by atoms with Crippen LogP contribution in [0.15, 0.2) is 48.5 Å². The van der Waals surface area contributed by atoms with Gasteiger partial charge in [-0.15, -0.1) is 0 Å². The summed E-state index contributed by atoms with van der Waals surface area (Å²) in [5.41, 5.74) is 5.22. The highest BCUT2D eigenvalue weighted by Gasteiger charge is 2.24. The SMILES string of the molecule is Cc1ccc(N2CCC(C(=O)NCCSCc3cccc(C)c3)CC2)cc1. The van der Waals surface area contributed by atoms with Crippen LogP contribution >= 0.6 is 11.8 Å². The maximum Gasteiger partial charge on any atom is 0.223 e. The summed E-state index contributed by atoms with van der Waals surface area (Å²) < 4.78 is 0. The second-order valence-electron chi connectivity index (χ2n) is 7.43. The molecule has 3 nitrogen and oxygen atoms in total. The second kappa shape index (κ2) is 9.84. The van der Waals surface area contributed by atoms with Crippen molar-refractivity contribution in [3.63, 3.8) is 0 Å². The van der Waals surface area contributed by atoms with Gasteiger partial charge in [0, 0.05) is 42.7 Å². The lowest BCUT2D eigenvalue weighted by atomic mass is 9.95. The molecule has 0 unspecified atom stereocenters. The van der Waals surface area contributed by atoms with Crippen molar-refractivity contribution in [1.29, 1.82) is 0 Å². The van der Waals surface area contributed by atoms with Gasteiger partial charge in [0.25, 0.3) is 0 Å². The molecule has 0 radical (unpaired) electrons. The highest BCUT2D eigenvalue weighted by Crippen LogP contribution is 2.23. The van der Waals surface area contributed by atoms with Crippen LogP contribution in [0, 0.1) is 19.8 Å². The summed E-state index contributed by atoms with van der Waals surface area (Å²) in [4.78, 5) is 14.8. The van der Waals surface area contributed by atoms with E-state index < -0.39 is 0 Å². The molecule has 144 valence electrons. The normalized spacial score (nSPS) is 15.0. The molecule has 1 N–H and O–H groups in total. The van der Waals surface area contributed by atoms with Crippen LogP contribution in [0.25, 0.3) is 0 Å². The Morgan fingerprint density at radius 1 is 1.07 bits per heavy atom. The number of nitrogens with zero attached hydrogens (tertiary/aromatic N) is 1. The Balaban J connectivity index is 1.33. The minimum atomic E-state index is 0.161. The maximum atomic E-state index is 12.4. The summed E-state index contributed by atoms with van der Waals surface area (Å²) in [6, 6.07) is 17.3. The number of thioether (sulfide) groups is 1. The maximum absolute atomic E-state index is 12.4. The first kappa shape index (κ1) is 19.8. The fourth-order valence-corrected chi connectivity index (χ4v) is 4.34. The molecule has 0 bridgehead atoms. The van der Waals surface area contributed by atoms with Crippen molar-refractivity contribution in [2.75, 3.05) is 30.3 Å². The van der Waals surface area contributed by atoms with E-state index in [4.69, 9.17) is 0 Å². The lowest BCUT2D eigenvalue weighted by Gasteiger charge is -2.33. The molecule has 2 aromatic rings. The molecule has 27 heavy (non-hydrogen) atoms. The van der Waals surface area contributed by atoms with E-state index in [-0.39, 0.29) is 11.8 Å². The van der Waals surface area contributed by atoms with Crippen LogP contribution in [0.3, 0.4) is 0 Å². The number of piperidine rings is 1. The fourth-order valence-electron chi connectivity index (χ4n) is 3.54. The van der Waals surface area contributed by atoms with Crippen molar-refractivity contribution in [3.05, 3.63) is 65.2 Å². The lowest BCUT2D eigenvalue weighted by molar-refractivity contribution is -0.125. The third kappa shape index (κ3) is 6.03. The number of nitrogens with one attached hydrogen (secondary N) is 1. The van der Waals surface area contributed by atoms with Crippen LogP contribution in [0.4, 0.5) is 5.69 Å². The fraction of sp³-hybridized carbons (Fsp3) is 0.435. The van der Waals surface area contributed by atoms with Crippen LogP contribution in [0.5, 0.6) is 0 Å². The molecule has 1 fully saturated rings. The number of hydrogen-bond donors (Lipinski definition) is 1. The van der Waals surface area contributed by atoms with Gasteiger partial charge in [0.2, 0.25) is 5.91 Å². The van der Waals surface area contributed by atoms with Crippen LogP contribution in [-0.4, -0.2) is 31.3 Å². The third-order valence-corrected chi connectivity index (χ3v) is 6.19. The molecule has 4 heteroatoms. The molecule has 3 rings (SSSR count). The Labute approximate surface area is 167 Å². The number of aryl methyl sites for hydroxylation is 2. The van der Waals surface area contributed by atoms with E-state index in [9.17, 15) is 4.79 Å². The average Bonchev–Trinajstić information content (AvgIpc) is 2.68. The summed E-state index contributed by atoms with van der Waals surface area (Å²) in [6.45, 7) is 6.91. The van der Waals surface area contributed by atoms with Gasteiger partial charge in [-0.25, -0.2) is 0 Å². The van der Waals surface area contributed by atoms with Gasteiger partial charge in [0.05, 0.1) is 0 Å². The Morgan fingerprint density at radius 2 is 1.81 bits per heavy atom. The van der Waals surface area contributed by atoms with E-state index in [2.05, 4.69) is 72.6 Å². The number of hydrogen-bond acceptors (Lipinski definition) is 3. The van der Waals surface area contributed by atoms with Gasteiger partial charge < -0.3 is 10.2 Å². The van der Waals surface area contributed by atoms with E-state index in [0.29, 0.717) is 0 Å². The molecule has 1 amide bonds. The number of amides is 1. The molecule has 1 heterocycles. The summed E-state index contributed by atoms with van der Waals surface area (Å²) >= 11 is 1.88. The van der Waals surface area contributed by atoms with E-state index in [1.807, 2.05) is 11.8 Å². The number of anilines is 1. The van der Waals surface area contributed by atoms with Crippen LogP contribution < -0.4 is 10.2 Å². The Morgan fingerprint density at radius 3 is 2.52 bits per heavy atom. The monoisotopic (exact) mass is 382 g/mol. The van der Waals surface area contributed by atoms with E-state index in [0.717, 1.165) is 44.0 Å². The first-order valence-corrected chi connectivity index (χ1v) is 11.0. The first-order valence-electron chi connectivity index (χ1n) is 9.84. The zero-order valence-electron chi connectivity index (χ0n) is 16.4. The molecule has 2 aromatic carbocycles. The summed E-state index contributed by atoms with van der Waals surface area (Å²) in [7, 11) is 0. The molecule has 0 spiro atoms. The van der Waals surface area contributed by atoms with E-state index in [1.165, 1.54) is 22.4 Å². The number of carbonyl (C=O) groups excluding carboxylic acids is 1. The highest BCUT2D eigenvalue weighted by atomic mass is 32.2. The molecule has 1 aliphatic heterocycles. The minimum absolute atomic E-state index is 0.161. The zero-order valence-corrected chi connectivity index (χ0v) is 17.2. The van der Waals surface area contributed by atoms with Crippen molar-refractivity contribution < 1.29 is 4.79 Å². The summed E-state index contributed by atoms with van der Waals surface area (Å²) in [6.07, 6.45) is 1.88. The van der Waals surface area contributed by atoms with Crippen molar-refractivity contribution >= 4 is 23.4 Å². The van der Waals surface area contributed by atoms with Gasteiger partial charge in [-0.1, -0.05) is 47.5 Å². The predicted octanol–water partition coefficient (Wildman–Crippen LogP) is 4.57. The molecule has 0 aliphatic carbocycles. The van der Waals surface area contributed by atoms with Crippen molar-refractivity contribution in [2.24, 2.45) is 5.92 Å². The largest absolute Gasteiger partial charge is 0.371 e. The van der Waals surface area contributed by atoms with Gasteiger partial charge in [-0.2, -0.15) is 11.8 Å². The quantitative estimate of drug-likeness (QED) is 0.712. The van der Waals surface area contributed by atoms with Crippen LogP contribution in [0.2, 0.25) is 0 Å². The summed E-state index contributed by atoms with van der Waals surface area (Å²) in [5, 5.41) is 3.13. The van der Waals surface area contributed by atoms with Gasteiger partial charge >= 0.3 is 0 Å². The van der Waals surface area contributed by atoms with E-state index >= 15 is 0 Å². The highest BCUT2D eigenvalue weighted by molar-refractivity contribution is 7.98. The number of carbonyl (C=O) groups is 1. The number of benzene rings is 2. The molecule has 0 atom stereocenters. The Hall–Kier alpha value is -1.94. The van der Waals surface area contributed by atoms with Gasteiger partial charge in [0.15, 0.2) is 0 Å². The number of rotatable bonds is 7. The van der Waals surface area contributed by atoms with E-state index in [1.54, 1.807) is 0 Å². The molecule has 1 aliphatic rings. The third-order valence-electron chi connectivity index (χ3n) is 5.16. The Kier molecular flexibility index (Phi) is 7.22. The lowest BCUT2D eigenvalue weighted by Crippen LogP contribution is -2.41. The predicted molar refractivity (Wildman–Crippen MR) is 116 cm³/mol. The van der Waals surface area contributed by atoms with Crippen LogP contribution in [0.1, 0.15) is 29.5 Å². The molecule has 0 saturated carbocycles. The molecule has 0 aromatic heterocycles. The van der Waals surface area contributed by atoms with Gasteiger partial charge in [0.1, 0.15) is 0 Å². The zero-order chi connectivity index (χ0) is 19.1. The van der Waals surface area contributed by atoms with Crippen molar-refractivity contribution in [1.82, 2.24) is 5.32 Å². The van der Waals surface area contributed by atoms with Gasteiger partial charge in [-0.3, -0.25) is 4.79 Å². The standard InChI is InChI=1S/C23H30N2OS/c1-18-6-8-22(9-7-18)25-13-10-21(11-14-25)23(26)24-12-15-27-17-20-5-3-4-19(2)16-20/h3-9,16,21H,10-15,17H2,1-2H3,(H,24,26). The second-order valence-corrected chi connectivity index (χ2v) is 8.53. The van der Waals surface area contributed by atoms with Crippen molar-refractivity contribution in [2.45, 2.75) is 32.4 Å². The molecular formula is C23H30N2OS. The minimum Gasteiger partial charge on any atom is -0.371 e. The van der Waals surface area contributed by atoms with Gasteiger partial charge in [-0.05, 0) is 44.4 Å². The Bertz CT molecular complexity index is 736. The average molecular weight is 383 g/mol. The molecular weight excluding hydrogens is 352 g/mol. The molecule has 1 saturated heterocycles. The summed E-state index contributed by atoms with van der Waals surface area (Å²) in [5.74, 6) is 2.36.